The van der Waals surface area contributed by atoms with Crippen LogP contribution in [0.3, 0.4) is 0 Å². The Labute approximate surface area is 212 Å². The standard InChI is InChI=1S/C30H57N3O/c1-4-6-7-8-9-10-11-12-13-14-15-16-17-18-19-20-21-22-23-24-30-32-26-28-33(30,5-2)27-25-31-29(3)34/h18-19,26,28,30,32H,4-17,20-25,27H2,1-3H3/p+1/b19-18+. The average Bonchev–Trinajstić information content (AvgIpc) is 3.23. The molecule has 0 aromatic heterocycles. The van der Waals surface area contributed by atoms with Gasteiger partial charge in [-0.1, -0.05) is 96.1 Å². The maximum Gasteiger partial charge on any atom is 0.217 e. The average molecular weight is 477 g/mol. The fraction of sp³-hybridized carbons (Fsp3) is 0.833. The first-order valence-corrected chi connectivity index (χ1v) is 14.8. The van der Waals surface area contributed by atoms with Crippen molar-refractivity contribution in [3.8, 4) is 0 Å². The van der Waals surface area contributed by atoms with Crippen LogP contribution in [0.25, 0.3) is 0 Å². The highest BCUT2D eigenvalue weighted by Gasteiger charge is 2.36. The summed E-state index contributed by atoms with van der Waals surface area (Å²) in [5.41, 5.74) is 0. The van der Waals surface area contributed by atoms with Crippen molar-refractivity contribution in [2.75, 3.05) is 19.6 Å². The molecule has 1 heterocycles. The van der Waals surface area contributed by atoms with Gasteiger partial charge in [0.05, 0.1) is 19.3 Å². The molecule has 0 spiro atoms. The van der Waals surface area contributed by atoms with Gasteiger partial charge in [0.2, 0.25) is 5.91 Å². The van der Waals surface area contributed by atoms with Gasteiger partial charge in [0.25, 0.3) is 0 Å². The molecule has 0 aromatic carbocycles. The quantitative estimate of drug-likeness (QED) is 0.0892. The van der Waals surface area contributed by atoms with E-state index in [1.807, 2.05) is 0 Å². The Balaban J connectivity index is 1.93. The predicted octanol–water partition coefficient (Wildman–Crippen LogP) is 7.96. The number of likely N-dealkylation sites (N-methyl/N-ethyl adjacent to an activating group) is 1. The first-order valence-electron chi connectivity index (χ1n) is 14.8. The number of carbonyl (C=O) groups excluding carboxylic acids is 1. The van der Waals surface area contributed by atoms with Crippen molar-refractivity contribution >= 4 is 5.91 Å². The van der Waals surface area contributed by atoms with E-state index >= 15 is 0 Å². The van der Waals surface area contributed by atoms with Gasteiger partial charge in [-0.3, -0.25) is 9.28 Å². The molecule has 0 fully saturated rings. The first kappa shape index (κ1) is 30.7. The summed E-state index contributed by atoms with van der Waals surface area (Å²) < 4.78 is 0.944. The van der Waals surface area contributed by atoms with Crippen LogP contribution in [0, 0.1) is 0 Å². The molecule has 1 aliphatic rings. The SMILES string of the molecule is CCCCCCCCCCCCCC/C=C/CCCCCC1NC=C[N+]1(CC)CCNC(C)=O. The van der Waals surface area contributed by atoms with Crippen molar-refractivity contribution in [3.05, 3.63) is 24.6 Å². The number of quaternary nitrogens is 1. The lowest BCUT2D eigenvalue weighted by atomic mass is 10.0. The second-order valence-electron chi connectivity index (χ2n) is 10.4. The number of nitrogens with zero attached hydrogens (tertiary/aromatic N) is 1. The summed E-state index contributed by atoms with van der Waals surface area (Å²) in [7, 11) is 0. The van der Waals surface area contributed by atoms with Gasteiger partial charge in [-0.05, 0) is 39.0 Å². The minimum Gasteiger partial charge on any atom is -0.351 e. The minimum atomic E-state index is 0.0637. The van der Waals surface area contributed by atoms with Crippen LogP contribution in [0.5, 0.6) is 0 Å². The lowest BCUT2D eigenvalue weighted by Gasteiger charge is -2.37. The van der Waals surface area contributed by atoms with Crippen molar-refractivity contribution in [2.24, 2.45) is 0 Å². The third-order valence-electron chi connectivity index (χ3n) is 7.51. The van der Waals surface area contributed by atoms with Crippen molar-refractivity contribution in [3.63, 3.8) is 0 Å². The summed E-state index contributed by atoms with van der Waals surface area (Å²) in [4.78, 5) is 11.2. The second kappa shape index (κ2) is 21.0. The molecule has 34 heavy (non-hydrogen) atoms. The molecule has 0 aromatic rings. The van der Waals surface area contributed by atoms with Gasteiger partial charge < -0.3 is 10.6 Å². The van der Waals surface area contributed by atoms with E-state index in [1.54, 1.807) is 6.92 Å². The number of nitrogens with one attached hydrogen (secondary N) is 2. The van der Waals surface area contributed by atoms with Gasteiger partial charge in [-0.15, -0.1) is 0 Å². The summed E-state index contributed by atoms with van der Waals surface area (Å²) in [6.07, 6.45) is 34.4. The van der Waals surface area contributed by atoms with E-state index in [-0.39, 0.29) is 5.91 Å². The molecule has 1 rings (SSSR count). The maximum absolute atomic E-state index is 11.2. The third kappa shape index (κ3) is 14.9. The number of amides is 1. The fourth-order valence-corrected chi connectivity index (χ4v) is 5.17. The summed E-state index contributed by atoms with van der Waals surface area (Å²) in [6, 6.07) is 0. The Morgan fingerprint density at radius 1 is 0.824 bits per heavy atom. The molecule has 2 unspecified atom stereocenters. The van der Waals surface area contributed by atoms with E-state index in [0.29, 0.717) is 6.17 Å². The Morgan fingerprint density at radius 3 is 1.88 bits per heavy atom. The van der Waals surface area contributed by atoms with Crippen LogP contribution in [-0.4, -0.2) is 36.2 Å². The van der Waals surface area contributed by atoms with Crippen LogP contribution < -0.4 is 10.6 Å². The van der Waals surface area contributed by atoms with Crippen LogP contribution in [0.4, 0.5) is 0 Å². The number of carbonyl (C=O) groups is 1. The topological polar surface area (TPSA) is 41.1 Å². The number of unbranched alkanes of at least 4 members (excludes halogenated alkanes) is 15. The van der Waals surface area contributed by atoms with Crippen LogP contribution in [0.15, 0.2) is 24.6 Å². The summed E-state index contributed by atoms with van der Waals surface area (Å²) in [5.74, 6) is 0.0637. The van der Waals surface area contributed by atoms with Crippen LogP contribution in [-0.2, 0) is 4.79 Å². The molecule has 2 atom stereocenters. The lowest BCUT2D eigenvalue weighted by Crippen LogP contribution is -2.55. The van der Waals surface area contributed by atoms with Crippen molar-refractivity contribution < 1.29 is 9.28 Å². The number of hydrogen-bond acceptors (Lipinski definition) is 2. The van der Waals surface area contributed by atoms with Crippen molar-refractivity contribution in [2.45, 2.75) is 143 Å². The molecule has 4 heteroatoms. The van der Waals surface area contributed by atoms with Crippen molar-refractivity contribution in [1.82, 2.24) is 10.6 Å². The van der Waals surface area contributed by atoms with E-state index in [0.717, 1.165) is 24.1 Å². The molecule has 0 saturated carbocycles. The Bertz CT molecular complexity index is 545. The zero-order valence-electron chi connectivity index (χ0n) is 23.1. The van der Waals surface area contributed by atoms with Gasteiger partial charge in [-0.2, -0.15) is 0 Å². The van der Waals surface area contributed by atoms with Gasteiger partial charge >= 0.3 is 0 Å². The molecule has 2 N–H and O–H groups in total. The number of hydrogen-bond donors (Lipinski definition) is 2. The van der Waals surface area contributed by atoms with E-state index in [1.165, 1.54) is 116 Å². The third-order valence-corrected chi connectivity index (χ3v) is 7.51. The normalized spacial score (nSPS) is 19.7. The highest BCUT2D eigenvalue weighted by molar-refractivity contribution is 5.72. The minimum absolute atomic E-state index is 0.0637. The Hall–Kier alpha value is -1.29. The van der Waals surface area contributed by atoms with Gasteiger partial charge in [-0.25, -0.2) is 0 Å². The zero-order chi connectivity index (χ0) is 24.7. The monoisotopic (exact) mass is 476 g/mol. The fourth-order valence-electron chi connectivity index (χ4n) is 5.17. The Morgan fingerprint density at radius 2 is 1.35 bits per heavy atom. The molecule has 198 valence electrons. The van der Waals surface area contributed by atoms with Gasteiger partial charge in [0.15, 0.2) is 6.17 Å². The molecule has 1 aliphatic heterocycles. The maximum atomic E-state index is 11.2. The second-order valence-corrected chi connectivity index (χ2v) is 10.4. The first-order chi connectivity index (χ1) is 16.6. The molecular formula is C30H58N3O+. The lowest BCUT2D eigenvalue weighted by molar-refractivity contribution is -0.898. The van der Waals surface area contributed by atoms with E-state index in [4.69, 9.17) is 0 Å². The van der Waals surface area contributed by atoms with E-state index < -0.39 is 0 Å². The van der Waals surface area contributed by atoms with Gasteiger partial charge in [0, 0.05) is 13.3 Å². The number of allylic oxidation sites excluding steroid dienone is 2. The van der Waals surface area contributed by atoms with E-state index in [2.05, 4.69) is 49.0 Å². The number of rotatable bonds is 23. The molecular weight excluding hydrogens is 418 g/mol. The van der Waals surface area contributed by atoms with Crippen molar-refractivity contribution in [1.29, 1.82) is 0 Å². The molecule has 1 amide bonds. The summed E-state index contributed by atoms with van der Waals surface area (Å²) >= 11 is 0. The summed E-state index contributed by atoms with van der Waals surface area (Å²) in [5, 5.41) is 6.52. The van der Waals surface area contributed by atoms with E-state index in [9.17, 15) is 4.79 Å². The molecule has 0 radical (unpaired) electrons. The highest BCUT2D eigenvalue weighted by atomic mass is 16.1. The molecule has 0 bridgehead atoms. The predicted molar refractivity (Wildman–Crippen MR) is 148 cm³/mol. The molecule has 0 aliphatic carbocycles. The largest absolute Gasteiger partial charge is 0.351 e. The van der Waals surface area contributed by atoms with Crippen LogP contribution >= 0.6 is 0 Å². The Kier molecular flexibility index (Phi) is 19.0. The van der Waals surface area contributed by atoms with Crippen LogP contribution in [0.1, 0.15) is 136 Å². The smallest absolute Gasteiger partial charge is 0.217 e. The molecule has 0 saturated heterocycles. The van der Waals surface area contributed by atoms with Gasteiger partial charge in [0.1, 0.15) is 12.7 Å². The van der Waals surface area contributed by atoms with Crippen LogP contribution in [0.2, 0.25) is 0 Å². The zero-order valence-corrected chi connectivity index (χ0v) is 23.1. The molecule has 4 nitrogen and oxygen atoms in total. The summed E-state index contributed by atoms with van der Waals surface area (Å²) in [6.45, 7) is 8.91. The highest BCUT2D eigenvalue weighted by Crippen LogP contribution is 2.22.